The van der Waals surface area contributed by atoms with Gasteiger partial charge in [-0.3, -0.25) is 9.69 Å². The van der Waals surface area contributed by atoms with Crippen molar-refractivity contribution in [2.24, 2.45) is 4.99 Å². The number of aliphatic imine (C=N–C) groups is 1. The van der Waals surface area contributed by atoms with E-state index in [9.17, 15) is 4.79 Å². The maximum Gasteiger partial charge on any atom is 0.274 e. The topological polar surface area (TPSA) is 35.9 Å². The standard InChI is InChI=1S/C24H18ClN3OS2/c1-15-8-11-18(12-9-15)28-22(29)21(31-24(28)26-17-6-4-3-5-7-17)23-27(2)19-14-16(25)10-13-20(19)30-23/h3-14H,1-2H3/b23-21-,26-24?. The van der Waals surface area contributed by atoms with Crippen LogP contribution >= 0.6 is 35.1 Å². The fourth-order valence-electron chi connectivity index (χ4n) is 3.43. The van der Waals surface area contributed by atoms with Crippen LogP contribution in [0, 0.1) is 6.92 Å². The van der Waals surface area contributed by atoms with Gasteiger partial charge in [-0.05, 0) is 61.2 Å². The Bertz CT molecular complexity index is 1240. The summed E-state index contributed by atoms with van der Waals surface area (Å²) in [4.78, 5) is 23.9. The lowest BCUT2D eigenvalue weighted by Gasteiger charge is -2.17. The molecule has 1 amide bonds. The van der Waals surface area contributed by atoms with Gasteiger partial charge in [-0.15, -0.1) is 0 Å². The maximum atomic E-state index is 13.6. The van der Waals surface area contributed by atoms with Crippen LogP contribution in [0.25, 0.3) is 0 Å². The zero-order valence-corrected chi connectivity index (χ0v) is 19.3. The summed E-state index contributed by atoms with van der Waals surface area (Å²) in [6, 6.07) is 23.4. The Morgan fingerprint density at radius 1 is 0.935 bits per heavy atom. The summed E-state index contributed by atoms with van der Waals surface area (Å²) in [7, 11) is 1.97. The molecule has 1 fully saturated rings. The molecule has 5 rings (SSSR count). The highest BCUT2D eigenvalue weighted by Gasteiger charge is 2.40. The highest BCUT2D eigenvalue weighted by atomic mass is 35.5. The first kappa shape index (κ1) is 20.2. The molecule has 7 heteroatoms. The Morgan fingerprint density at radius 2 is 1.68 bits per heavy atom. The molecular weight excluding hydrogens is 446 g/mol. The largest absolute Gasteiger partial charge is 0.337 e. The van der Waals surface area contributed by atoms with Gasteiger partial charge in [0.25, 0.3) is 5.91 Å². The van der Waals surface area contributed by atoms with Gasteiger partial charge in [0.05, 0.1) is 22.1 Å². The minimum atomic E-state index is -0.0724. The number of fused-ring (bicyclic) bond motifs is 1. The van der Waals surface area contributed by atoms with E-state index in [1.165, 1.54) is 11.8 Å². The van der Waals surface area contributed by atoms with Crippen LogP contribution in [0.4, 0.5) is 17.1 Å². The third kappa shape index (κ3) is 3.76. The Labute approximate surface area is 194 Å². The molecule has 0 aromatic heterocycles. The summed E-state index contributed by atoms with van der Waals surface area (Å²) in [5.74, 6) is -0.0724. The normalized spacial score (nSPS) is 19.5. The van der Waals surface area contributed by atoms with E-state index in [4.69, 9.17) is 16.6 Å². The molecule has 0 bridgehead atoms. The summed E-state index contributed by atoms with van der Waals surface area (Å²) < 4.78 is 0. The van der Waals surface area contributed by atoms with Gasteiger partial charge >= 0.3 is 0 Å². The molecule has 0 N–H and O–H groups in total. The highest BCUT2D eigenvalue weighted by Crippen LogP contribution is 2.51. The third-order valence-corrected chi connectivity index (χ3v) is 7.67. The molecular formula is C24H18ClN3OS2. The lowest BCUT2D eigenvalue weighted by atomic mass is 10.2. The first-order chi connectivity index (χ1) is 15.0. The van der Waals surface area contributed by atoms with Gasteiger partial charge in [0, 0.05) is 17.0 Å². The number of thioether (sulfide) groups is 2. The van der Waals surface area contributed by atoms with Gasteiger partial charge in [0.1, 0.15) is 4.91 Å². The molecule has 31 heavy (non-hydrogen) atoms. The average Bonchev–Trinajstić information content (AvgIpc) is 3.26. The lowest BCUT2D eigenvalue weighted by Crippen LogP contribution is -2.29. The lowest BCUT2D eigenvalue weighted by molar-refractivity contribution is -0.113. The van der Waals surface area contributed by atoms with E-state index in [0.29, 0.717) is 15.1 Å². The van der Waals surface area contributed by atoms with E-state index in [-0.39, 0.29) is 5.91 Å². The number of halogens is 1. The van der Waals surface area contributed by atoms with Crippen molar-refractivity contribution in [3.63, 3.8) is 0 Å². The zero-order valence-electron chi connectivity index (χ0n) is 16.9. The number of anilines is 2. The summed E-state index contributed by atoms with van der Waals surface area (Å²) in [6.07, 6.45) is 0. The van der Waals surface area contributed by atoms with E-state index in [2.05, 4.69) is 0 Å². The van der Waals surface area contributed by atoms with Crippen LogP contribution in [0.3, 0.4) is 0 Å². The van der Waals surface area contributed by atoms with Gasteiger partial charge < -0.3 is 4.90 Å². The SMILES string of the molecule is Cc1ccc(N2C(=O)/C(=C3/Sc4ccc(Cl)cc4N3C)SC2=Nc2ccccc2)cc1. The second-order valence-corrected chi connectivity index (χ2v) is 9.66. The zero-order chi connectivity index (χ0) is 21.5. The van der Waals surface area contributed by atoms with E-state index in [1.807, 2.05) is 91.7 Å². The number of benzene rings is 3. The van der Waals surface area contributed by atoms with Crippen molar-refractivity contribution in [3.05, 3.63) is 93.3 Å². The fourth-order valence-corrected chi connectivity index (χ4v) is 5.92. The van der Waals surface area contributed by atoms with Crippen LogP contribution in [-0.4, -0.2) is 18.1 Å². The van der Waals surface area contributed by atoms with Gasteiger partial charge in [0.15, 0.2) is 5.17 Å². The van der Waals surface area contributed by atoms with Crippen LogP contribution in [0.5, 0.6) is 0 Å². The number of rotatable bonds is 2. The molecule has 0 unspecified atom stereocenters. The molecule has 0 aliphatic carbocycles. The monoisotopic (exact) mass is 463 g/mol. The van der Waals surface area contributed by atoms with Crippen LogP contribution in [0.1, 0.15) is 5.56 Å². The molecule has 3 aromatic carbocycles. The molecule has 2 heterocycles. The molecule has 0 atom stereocenters. The number of amidine groups is 1. The van der Waals surface area contributed by atoms with Crippen molar-refractivity contribution in [1.29, 1.82) is 0 Å². The molecule has 2 aliphatic heterocycles. The third-order valence-electron chi connectivity index (χ3n) is 5.04. The molecule has 0 radical (unpaired) electrons. The number of hydrogen-bond donors (Lipinski definition) is 0. The molecule has 2 aliphatic rings. The van der Waals surface area contributed by atoms with E-state index < -0.39 is 0 Å². The number of carbonyl (C=O) groups excluding carboxylic acids is 1. The quantitative estimate of drug-likeness (QED) is 0.390. The van der Waals surface area contributed by atoms with Crippen LogP contribution in [-0.2, 0) is 4.79 Å². The van der Waals surface area contributed by atoms with Crippen molar-refractivity contribution in [3.8, 4) is 0 Å². The van der Waals surface area contributed by atoms with Gasteiger partial charge in [0.2, 0.25) is 0 Å². The Kier molecular flexibility index (Phi) is 5.30. The molecule has 0 saturated carbocycles. The average molecular weight is 464 g/mol. The van der Waals surface area contributed by atoms with Crippen molar-refractivity contribution in [2.75, 3.05) is 16.8 Å². The molecule has 0 spiro atoms. The number of amides is 1. The number of aryl methyl sites for hydroxylation is 1. The Balaban J connectivity index is 1.61. The fraction of sp³-hybridized carbons (Fsp3) is 0.0833. The minimum Gasteiger partial charge on any atom is -0.337 e. The number of hydrogen-bond acceptors (Lipinski definition) is 5. The maximum absolute atomic E-state index is 13.6. The Morgan fingerprint density at radius 3 is 2.42 bits per heavy atom. The van der Waals surface area contributed by atoms with Crippen molar-refractivity contribution in [2.45, 2.75) is 11.8 Å². The first-order valence-corrected chi connectivity index (χ1v) is 11.7. The number of para-hydroxylation sites is 1. The molecule has 3 aromatic rings. The van der Waals surface area contributed by atoms with Crippen molar-refractivity contribution >= 4 is 63.3 Å². The predicted octanol–water partition coefficient (Wildman–Crippen LogP) is 6.83. The van der Waals surface area contributed by atoms with Crippen LogP contribution in [0.15, 0.2) is 92.6 Å². The second-order valence-electron chi connectivity index (χ2n) is 7.22. The van der Waals surface area contributed by atoms with Gasteiger partial charge in [-0.1, -0.05) is 59.3 Å². The first-order valence-electron chi connectivity index (χ1n) is 9.69. The van der Waals surface area contributed by atoms with Gasteiger partial charge in [-0.25, -0.2) is 4.99 Å². The van der Waals surface area contributed by atoms with E-state index in [0.717, 1.165) is 32.6 Å². The van der Waals surface area contributed by atoms with Crippen LogP contribution < -0.4 is 9.80 Å². The number of carbonyl (C=O) groups is 1. The van der Waals surface area contributed by atoms with Crippen molar-refractivity contribution in [1.82, 2.24) is 0 Å². The van der Waals surface area contributed by atoms with Crippen molar-refractivity contribution < 1.29 is 4.79 Å². The van der Waals surface area contributed by atoms with E-state index in [1.54, 1.807) is 16.7 Å². The summed E-state index contributed by atoms with van der Waals surface area (Å²) in [5.41, 5.74) is 3.76. The molecule has 1 saturated heterocycles. The second kappa shape index (κ2) is 8.11. The molecule has 154 valence electrons. The smallest absolute Gasteiger partial charge is 0.274 e. The number of nitrogens with zero attached hydrogens (tertiary/aromatic N) is 3. The summed E-state index contributed by atoms with van der Waals surface area (Å²) >= 11 is 9.20. The Hall–Kier alpha value is -2.67. The molecule has 4 nitrogen and oxygen atoms in total. The summed E-state index contributed by atoms with van der Waals surface area (Å²) in [6.45, 7) is 2.03. The van der Waals surface area contributed by atoms with E-state index >= 15 is 0 Å². The minimum absolute atomic E-state index is 0.0724. The predicted molar refractivity (Wildman–Crippen MR) is 133 cm³/mol. The van der Waals surface area contributed by atoms with Crippen LogP contribution in [0.2, 0.25) is 5.02 Å². The van der Waals surface area contributed by atoms with Gasteiger partial charge in [-0.2, -0.15) is 0 Å². The highest BCUT2D eigenvalue weighted by molar-refractivity contribution is 8.20. The summed E-state index contributed by atoms with van der Waals surface area (Å²) in [5, 5.41) is 2.21.